The third-order valence-electron chi connectivity index (χ3n) is 4.35. The number of para-hydroxylation sites is 2. The first-order valence-electron chi connectivity index (χ1n) is 9.54. The molecule has 0 spiro atoms. The molecule has 3 rings (SSSR count). The van der Waals surface area contributed by atoms with Gasteiger partial charge in [-0.3, -0.25) is 9.59 Å². The molecule has 2 amide bonds. The van der Waals surface area contributed by atoms with Crippen LogP contribution in [0.1, 0.15) is 23.1 Å². The van der Waals surface area contributed by atoms with E-state index in [9.17, 15) is 9.59 Å². The maximum Gasteiger partial charge on any atom is 0.253 e. The van der Waals surface area contributed by atoms with E-state index in [1.165, 1.54) is 11.8 Å². The molecule has 0 aliphatic carbocycles. The SMILES string of the molecule is CCn1c(CNC(=O)c2ccccc2Cl)nnc1SCC(=O)Nc1ccccc1OC. The zero-order valence-corrected chi connectivity index (χ0v) is 18.7. The second-order valence-electron chi connectivity index (χ2n) is 6.34. The molecule has 0 saturated carbocycles. The van der Waals surface area contributed by atoms with Crippen LogP contribution in [0.4, 0.5) is 5.69 Å². The number of halogens is 1. The zero-order valence-electron chi connectivity index (χ0n) is 17.1. The van der Waals surface area contributed by atoms with Crippen LogP contribution in [0.3, 0.4) is 0 Å². The average molecular weight is 460 g/mol. The van der Waals surface area contributed by atoms with Gasteiger partial charge >= 0.3 is 0 Å². The topological polar surface area (TPSA) is 98.1 Å². The van der Waals surface area contributed by atoms with Crippen molar-refractivity contribution < 1.29 is 14.3 Å². The molecule has 0 radical (unpaired) electrons. The molecular weight excluding hydrogens is 438 g/mol. The number of hydrogen-bond donors (Lipinski definition) is 2. The summed E-state index contributed by atoms with van der Waals surface area (Å²) in [6, 6.07) is 14.0. The Hall–Kier alpha value is -3.04. The summed E-state index contributed by atoms with van der Waals surface area (Å²) in [7, 11) is 1.55. The van der Waals surface area contributed by atoms with Gasteiger partial charge in [-0.2, -0.15) is 0 Å². The van der Waals surface area contributed by atoms with Crippen LogP contribution >= 0.6 is 23.4 Å². The normalized spacial score (nSPS) is 10.5. The van der Waals surface area contributed by atoms with E-state index >= 15 is 0 Å². The Morgan fingerprint density at radius 3 is 2.61 bits per heavy atom. The van der Waals surface area contributed by atoms with Crippen LogP contribution < -0.4 is 15.4 Å². The molecule has 3 aromatic rings. The highest BCUT2D eigenvalue weighted by Crippen LogP contribution is 2.24. The second kappa shape index (κ2) is 10.8. The van der Waals surface area contributed by atoms with Crippen molar-refractivity contribution in [1.29, 1.82) is 0 Å². The number of amides is 2. The number of aromatic nitrogens is 3. The quantitative estimate of drug-likeness (QED) is 0.474. The lowest BCUT2D eigenvalue weighted by Crippen LogP contribution is -2.25. The van der Waals surface area contributed by atoms with Gasteiger partial charge in [-0.15, -0.1) is 10.2 Å². The average Bonchev–Trinajstić information content (AvgIpc) is 3.18. The minimum atomic E-state index is -0.290. The number of nitrogens with zero attached hydrogens (tertiary/aromatic N) is 3. The fourth-order valence-corrected chi connectivity index (χ4v) is 3.88. The Morgan fingerprint density at radius 2 is 1.87 bits per heavy atom. The summed E-state index contributed by atoms with van der Waals surface area (Å²) in [4.78, 5) is 24.7. The molecule has 0 bridgehead atoms. The first kappa shape index (κ1) is 22.6. The standard InChI is InChI=1S/C21H22ClN5O3S/c1-3-27-18(12-23-20(29)14-8-4-5-9-15(14)22)25-26-21(27)31-13-19(28)24-16-10-6-7-11-17(16)30-2/h4-11H,3,12-13H2,1-2H3,(H,23,29)(H,24,28). The summed E-state index contributed by atoms with van der Waals surface area (Å²) >= 11 is 7.34. The monoisotopic (exact) mass is 459 g/mol. The van der Waals surface area contributed by atoms with Crippen LogP contribution in [0, 0.1) is 0 Å². The van der Waals surface area contributed by atoms with Crippen molar-refractivity contribution >= 4 is 40.9 Å². The van der Waals surface area contributed by atoms with Crippen molar-refractivity contribution in [1.82, 2.24) is 20.1 Å². The summed E-state index contributed by atoms with van der Waals surface area (Å²) in [5.74, 6) is 0.863. The Bertz CT molecular complexity index is 1070. The van der Waals surface area contributed by atoms with Gasteiger partial charge in [0, 0.05) is 6.54 Å². The van der Waals surface area contributed by atoms with E-state index in [1.54, 1.807) is 43.5 Å². The summed E-state index contributed by atoms with van der Waals surface area (Å²) < 4.78 is 7.10. The number of thioether (sulfide) groups is 1. The number of benzene rings is 2. The van der Waals surface area contributed by atoms with Crippen molar-refractivity contribution in [3.8, 4) is 5.75 Å². The van der Waals surface area contributed by atoms with Gasteiger partial charge in [-0.25, -0.2) is 0 Å². The molecule has 1 aromatic heterocycles. The van der Waals surface area contributed by atoms with E-state index in [1.807, 2.05) is 23.6 Å². The van der Waals surface area contributed by atoms with Crippen molar-refractivity contribution in [2.75, 3.05) is 18.2 Å². The first-order valence-corrected chi connectivity index (χ1v) is 10.9. The summed E-state index contributed by atoms with van der Waals surface area (Å²) in [5, 5.41) is 14.9. The Balaban J connectivity index is 1.59. The number of carbonyl (C=O) groups is 2. The molecule has 8 nitrogen and oxygen atoms in total. The van der Waals surface area contributed by atoms with Crippen molar-refractivity contribution in [2.24, 2.45) is 0 Å². The molecule has 0 aliphatic heterocycles. The number of ether oxygens (including phenoxy) is 1. The largest absolute Gasteiger partial charge is 0.495 e. The van der Waals surface area contributed by atoms with Crippen LogP contribution in [0.2, 0.25) is 5.02 Å². The highest BCUT2D eigenvalue weighted by Gasteiger charge is 2.16. The highest BCUT2D eigenvalue weighted by molar-refractivity contribution is 7.99. The molecule has 31 heavy (non-hydrogen) atoms. The molecule has 2 N–H and O–H groups in total. The fourth-order valence-electron chi connectivity index (χ4n) is 2.84. The predicted molar refractivity (Wildman–Crippen MR) is 121 cm³/mol. The van der Waals surface area contributed by atoms with E-state index in [-0.39, 0.29) is 24.1 Å². The van der Waals surface area contributed by atoms with Crippen molar-refractivity contribution in [3.05, 3.63) is 64.9 Å². The molecule has 0 aliphatic rings. The second-order valence-corrected chi connectivity index (χ2v) is 7.69. The minimum Gasteiger partial charge on any atom is -0.495 e. The Morgan fingerprint density at radius 1 is 1.13 bits per heavy atom. The van der Waals surface area contributed by atoms with E-state index in [0.717, 1.165) is 0 Å². The van der Waals surface area contributed by atoms with Crippen molar-refractivity contribution in [3.63, 3.8) is 0 Å². The minimum absolute atomic E-state index is 0.155. The van der Waals surface area contributed by atoms with Gasteiger partial charge in [0.1, 0.15) is 5.75 Å². The number of methoxy groups -OCH3 is 1. The molecule has 162 valence electrons. The lowest BCUT2D eigenvalue weighted by Gasteiger charge is -2.10. The molecule has 0 unspecified atom stereocenters. The lowest BCUT2D eigenvalue weighted by atomic mass is 10.2. The number of carbonyl (C=O) groups excluding carboxylic acids is 2. The van der Waals surface area contributed by atoms with Crippen LogP contribution in [0.25, 0.3) is 0 Å². The van der Waals surface area contributed by atoms with Crippen LogP contribution in [-0.4, -0.2) is 39.4 Å². The van der Waals surface area contributed by atoms with Gasteiger partial charge in [0.25, 0.3) is 5.91 Å². The van der Waals surface area contributed by atoms with E-state index < -0.39 is 0 Å². The maximum atomic E-state index is 12.4. The molecule has 10 heteroatoms. The Kier molecular flexibility index (Phi) is 7.91. The molecule has 2 aromatic carbocycles. The molecular formula is C21H22ClN5O3S. The van der Waals surface area contributed by atoms with Gasteiger partial charge in [0.15, 0.2) is 11.0 Å². The Labute approximate surface area is 189 Å². The van der Waals surface area contributed by atoms with Crippen LogP contribution in [0.15, 0.2) is 53.7 Å². The van der Waals surface area contributed by atoms with E-state index in [4.69, 9.17) is 16.3 Å². The summed E-state index contributed by atoms with van der Waals surface area (Å²) in [6.07, 6.45) is 0. The smallest absolute Gasteiger partial charge is 0.253 e. The fraction of sp³-hybridized carbons (Fsp3) is 0.238. The highest BCUT2D eigenvalue weighted by atomic mass is 35.5. The number of hydrogen-bond acceptors (Lipinski definition) is 6. The third kappa shape index (κ3) is 5.77. The van der Waals surface area contributed by atoms with E-state index in [0.29, 0.717) is 39.5 Å². The molecule has 0 fully saturated rings. The number of anilines is 1. The van der Waals surface area contributed by atoms with Gasteiger partial charge in [-0.05, 0) is 31.2 Å². The molecule has 0 atom stereocenters. The maximum absolute atomic E-state index is 12.4. The lowest BCUT2D eigenvalue weighted by molar-refractivity contribution is -0.113. The molecule has 1 heterocycles. The van der Waals surface area contributed by atoms with Gasteiger partial charge in [-0.1, -0.05) is 47.6 Å². The third-order valence-corrected chi connectivity index (χ3v) is 5.64. The van der Waals surface area contributed by atoms with Crippen LogP contribution in [0.5, 0.6) is 5.75 Å². The van der Waals surface area contributed by atoms with Crippen molar-refractivity contribution in [2.45, 2.75) is 25.2 Å². The number of rotatable bonds is 9. The summed E-state index contributed by atoms with van der Waals surface area (Å²) in [5.41, 5.74) is 1.00. The summed E-state index contributed by atoms with van der Waals surface area (Å²) in [6.45, 7) is 2.74. The predicted octanol–water partition coefficient (Wildman–Crippen LogP) is 3.62. The zero-order chi connectivity index (χ0) is 22.2. The van der Waals surface area contributed by atoms with E-state index in [2.05, 4.69) is 20.8 Å². The van der Waals surface area contributed by atoms with Gasteiger partial charge in [0.05, 0.1) is 35.7 Å². The van der Waals surface area contributed by atoms with Gasteiger partial charge in [0.2, 0.25) is 5.91 Å². The van der Waals surface area contributed by atoms with Crippen LogP contribution in [-0.2, 0) is 17.9 Å². The van der Waals surface area contributed by atoms with Gasteiger partial charge < -0.3 is 19.9 Å². The first-order chi connectivity index (χ1) is 15.0. The molecule has 0 saturated heterocycles. The number of nitrogens with one attached hydrogen (secondary N) is 2.